The maximum absolute atomic E-state index is 13.0. The summed E-state index contributed by atoms with van der Waals surface area (Å²) in [6.45, 7) is 3.97. The molecule has 1 aliphatic rings. The van der Waals surface area contributed by atoms with Crippen molar-refractivity contribution in [3.05, 3.63) is 102 Å². The molecule has 0 N–H and O–H groups in total. The molecule has 1 aliphatic carbocycles. The standard InChI is InChI=1S/C26H22I2O4/c1-26(2)22(31-24(29)16-7-11-19(27)12-8-16)15-18-5-3-4-6-21(18)23(26)32-25(30)17-9-13-20(28)14-10-17/h3-14,22-23H,15H2,1-2H3/t22-,23-/m1/s1. The average Bonchev–Trinajstić information content (AvgIpc) is 2.77. The van der Waals surface area contributed by atoms with Gasteiger partial charge in [0.2, 0.25) is 0 Å². The largest absolute Gasteiger partial charge is 0.458 e. The molecule has 6 heteroatoms. The van der Waals surface area contributed by atoms with Crippen LogP contribution < -0.4 is 0 Å². The van der Waals surface area contributed by atoms with Gasteiger partial charge in [0, 0.05) is 19.0 Å². The second-order valence-electron chi connectivity index (χ2n) is 8.42. The van der Waals surface area contributed by atoms with Crippen LogP contribution in [0.3, 0.4) is 0 Å². The molecule has 0 aromatic heterocycles. The highest BCUT2D eigenvalue weighted by atomic mass is 127. The molecule has 3 aromatic rings. The van der Waals surface area contributed by atoms with Crippen LogP contribution in [0.2, 0.25) is 0 Å². The second-order valence-corrected chi connectivity index (χ2v) is 10.9. The van der Waals surface area contributed by atoms with Crippen LogP contribution in [0, 0.1) is 12.6 Å². The van der Waals surface area contributed by atoms with Gasteiger partial charge >= 0.3 is 11.9 Å². The summed E-state index contributed by atoms with van der Waals surface area (Å²) in [6, 6.07) is 22.5. The summed E-state index contributed by atoms with van der Waals surface area (Å²) in [6.07, 6.45) is -0.427. The third-order valence-corrected chi connectivity index (χ3v) is 7.32. The Morgan fingerprint density at radius 2 is 1.28 bits per heavy atom. The predicted octanol–water partition coefficient (Wildman–Crippen LogP) is 6.60. The Labute approximate surface area is 215 Å². The molecule has 4 rings (SSSR count). The summed E-state index contributed by atoms with van der Waals surface area (Å²) in [5.41, 5.74) is 2.36. The van der Waals surface area contributed by atoms with E-state index in [9.17, 15) is 9.59 Å². The third-order valence-electron chi connectivity index (χ3n) is 5.88. The molecule has 2 atom stereocenters. The second kappa shape index (κ2) is 9.51. The van der Waals surface area contributed by atoms with E-state index in [0.717, 1.165) is 18.3 Å². The van der Waals surface area contributed by atoms with Gasteiger partial charge in [0.1, 0.15) is 12.2 Å². The lowest BCUT2D eigenvalue weighted by molar-refractivity contribution is -0.0814. The van der Waals surface area contributed by atoms with Crippen molar-refractivity contribution in [1.82, 2.24) is 0 Å². The zero-order valence-electron chi connectivity index (χ0n) is 17.7. The fraction of sp³-hybridized carbons (Fsp3) is 0.231. The lowest BCUT2D eigenvalue weighted by Crippen LogP contribution is -2.45. The maximum atomic E-state index is 13.0. The molecule has 0 aliphatic heterocycles. The third kappa shape index (κ3) is 4.85. The molecule has 0 amide bonds. The molecular formula is C26H22I2O4. The van der Waals surface area contributed by atoms with Gasteiger partial charge in [-0.05, 0) is 105 Å². The van der Waals surface area contributed by atoms with Crippen LogP contribution in [0.15, 0.2) is 72.8 Å². The van der Waals surface area contributed by atoms with E-state index in [4.69, 9.17) is 9.47 Å². The number of hydrogen-bond donors (Lipinski definition) is 0. The van der Waals surface area contributed by atoms with Crippen LogP contribution >= 0.6 is 45.2 Å². The number of benzene rings is 3. The van der Waals surface area contributed by atoms with E-state index in [-0.39, 0.29) is 11.9 Å². The van der Waals surface area contributed by atoms with E-state index in [0.29, 0.717) is 17.5 Å². The van der Waals surface area contributed by atoms with Crippen molar-refractivity contribution in [2.24, 2.45) is 5.41 Å². The Morgan fingerprint density at radius 1 is 0.781 bits per heavy atom. The number of esters is 2. The number of rotatable bonds is 4. The molecule has 32 heavy (non-hydrogen) atoms. The Bertz CT molecular complexity index is 1140. The summed E-state index contributed by atoms with van der Waals surface area (Å²) < 4.78 is 14.1. The van der Waals surface area contributed by atoms with Gasteiger partial charge in [-0.15, -0.1) is 0 Å². The lowest BCUT2D eigenvalue weighted by atomic mass is 9.69. The average molecular weight is 652 g/mol. The molecule has 0 unspecified atom stereocenters. The van der Waals surface area contributed by atoms with Crippen LogP contribution in [0.5, 0.6) is 0 Å². The van der Waals surface area contributed by atoms with Gasteiger partial charge in [0.15, 0.2) is 0 Å². The zero-order valence-corrected chi connectivity index (χ0v) is 22.0. The molecule has 3 aromatic carbocycles. The van der Waals surface area contributed by atoms with E-state index >= 15 is 0 Å². The topological polar surface area (TPSA) is 52.6 Å². The van der Waals surface area contributed by atoms with Crippen LogP contribution in [0.1, 0.15) is 51.8 Å². The molecule has 4 nitrogen and oxygen atoms in total. The lowest BCUT2D eigenvalue weighted by Gasteiger charge is -2.44. The number of hydrogen-bond acceptors (Lipinski definition) is 4. The molecule has 0 radical (unpaired) electrons. The Morgan fingerprint density at radius 3 is 1.84 bits per heavy atom. The molecule has 164 valence electrons. The fourth-order valence-electron chi connectivity index (χ4n) is 3.96. The van der Waals surface area contributed by atoms with Gasteiger partial charge in [-0.3, -0.25) is 0 Å². The summed E-state index contributed by atoms with van der Waals surface area (Å²) in [7, 11) is 0. The van der Waals surface area contributed by atoms with Crippen molar-refractivity contribution in [2.75, 3.05) is 0 Å². The number of fused-ring (bicyclic) bond motifs is 1. The highest BCUT2D eigenvalue weighted by Gasteiger charge is 2.47. The normalized spacial score (nSPS) is 19.0. The molecule has 0 saturated carbocycles. The molecule has 0 fully saturated rings. The first-order valence-corrected chi connectivity index (χ1v) is 12.4. The molecule has 0 heterocycles. The number of carbonyl (C=O) groups is 2. The van der Waals surface area contributed by atoms with Gasteiger partial charge in [-0.2, -0.15) is 0 Å². The van der Waals surface area contributed by atoms with Gasteiger partial charge in [-0.1, -0.05) is 38.1 Å². The quantitative estimate of drug-likeness (QED) is 0.236. The Kier molecular flexibility index (Phi) is 6.90. The van der Waals surface area contributed by atoms with Crippen LogP contribution in [0.4, 0.5) is 0 Å². The van der Waals surface area contributed by atoms with Crippen molar-refractivity contribution < 1.29 is 19.1 Å². The van der Waals surface area contributed by atoms with Crippen molar-refractivity contribution in [1.29, 1.82) is 0 Å². The van der Waals surface area contributed by atoms with Crippen LogP contribution in [0.25, 0.3) is 0 Å². The van der Waals surface area contributed by atoms with E-state index < -0.39 is 17.6 Å². The Hall–Kier alpha value is -1.94. The molecular weight excluding hydrogens is 630 g/mol. The SMILES string of the molecule is CC1(C)[C@H](OC(=O)c2ccc(I)cc2)c2ccccc2C[C@H]1OC(=O)c1ccc(I)cc1. The van der Waals surface area contributed by atoms with Gasteiger partial charge in [-0.25, -0.2) is 9.59 Å². The maximum Gasteiger partial charge on any atom is 0.338 e. The highest BCUT2D eigenvalue weighted by Crippen LogP contribution is 2.47. The van der Waals surface area contributed by atoms with Gasteiger partial charge < -0.3 is 9.47 Å². The monoisotopic (exact) mass is 652 g/mol. The highest BCUT2D eigenvalue weighted by molar-refractivity contribution is 14.1. The van der Waals surface area contributed by atoms with Crippen molar-refractivity contribution >= 4 is 57.1 Å². The van der Waals surface area contributed by atoms with E-state index in [1.165, 1.54) is 0 Å². The molecule has 0 saturated heterocycles. The smallest absolute Gasteiger partial charge is 0.338 e. The fourth-order valence-corrected chi connectivity index (χ4v) is 4.68. The number of ether oxygens (including phenoxy) is 2. The summed E-state index contributed by atoms with van der Waals surface area (Å²) in [4.78, 5) is 25.8. The minimum Gasteiger partial charge on any atom is -0.458 e. The van der Waals surface area contributed by atoms with Gasteiger partial charge in [0.25, 0.3) is 0 Å². The first-order valence-electron chi connectivity index (χ1n) is 10.3. The van der Waals surface area contributed by atoms with Gasteiger partial charge in [0.05, 0.1) is 11.1 Å². The zero-order chi connectivity index (χ0) is 22.9. The first kappa shape index (κ1) is 23.2. The predicted molar refractivity (Wildman–Crippen MR) is 140 cm³/mol. The minimum absolute atomic E-state index is 0.374. The number of halogens is 2. The Balaban J connectivity index is 1.63. The van der Waals surface area contributed by atoms with E-state index in [2.05, 4.69) is 45.2 Å². The van der Waals surface area contributed by atoms with Crippen molar-refractivity contribution in [3.63, 3.8) is 0 Å². The number of carbonyl (C=O) groups excluding carboxylic acids is 2. The van der Waals surface area contributed by atoms with Crippen LogP contribution in [-0.2, 0) is 15.9 Å². The van der Waals surface area contributed by atoms with E-state index in [1.807, 2.05) is 62.4 Å². The van der Waals surface area contributed by atoms with E-state index in [1.54, 1.807) is 24.3 Å². The van der Waals surface area contributed by atoms with Crippen molar-refractivity contribution in [3.8, 4) is 0 Å². The molecule has 0 bridgehead atoms. The summed E-state index contributed by atoms with van der Waals surface area (Å²) >= 11 is 4.40. The van der Waals surface area contributed by atoms with Crippen LogP contribution in [-0.4, -0.2) is 18.0 Å². The summed E-state index contributed by atoms with van der Waals surface area (Å²) in [5.74, 6) is -0.763. The summed E-state index contributed by atoms with van der Waals surface area (Å²) in [5, 5.41) is 0. The van der Waals surface area contributed by atoms with Crippen molar-refractivity contribution in [2.45, 2.75) is 32.5 Å². The molecule has 0 spiro atoms. The first-order chi connectivity index (χ1) is 15.3. The minimum atomic E-state index is -0.619.